The number of nitrogens with one attached hydrogen (secondary N) is 2. The van der Waals surface area contributed by atoms with Crippen LogP contribution in [0.4, 0.5) is 10.1 Å². The Kier molecular flexibility index (Phi) is 5.85. The molecule has 0 aliphatic heterocycles. The zero-order chi connectivity index (χ0) is 16.8. The van der Waals surface area contributed by atoms with Gasteiger partial charge in [0.2, 0.25) is 11.1 Å². The van der Waals surface area contributed by atoms with E-state index in [1.165, 1.54) is 61.7 Å². The summed E-state index contributed by atoms with van der Waals surface area (Å²) in [5, 5.41) is 10.4. The smallest absolute Gasteiger partial charge is 0.234 e. The van der Waals surface area contributed by atoms with E-state index in [0.717, 1.165) is 24.6 Å². The van der Waals surface area contributed by atoms with E-state index in [1.54, 1.807) is 0 Å². The first kappa shape index (κ1) is 17.0. The molecule has 1 saturated carbocycles. The minimum absolute atomic E-state index is 0.163. The van der Waals surface area contributed by atoms with Gasteiger partial charge in [0, 0.05) is 12.1 Å². The average molecular weight is 348 g/mol. The average Bonchev–Trinajstić information content (AvgIpc) is 3.25. The topological polar surface area (TPSA) is 70.7 Å². The fraction of sp³-hybridized carbons (Fsp3) is 0.471. The summed E-state index contributed by atoms with van der Waals surface area (Å²) in [5.74, 6) is 1.45. The molecule has 1 aliphatic rings. The molecular formula is C17H21FN4OS. The van der Waals surface area contributed by atoms with Gasteiger partial charge in [-0.3, -0.25) is 9.89 Å². The van der Waals surface area contributed by atoms with Crippen LogP contribution in [0, 0.1) is 11.7 Å². The molecule has 0 saturated heterocycles. The van der Waals surface area contributed by atoms with Gasteiger partial charge >= 0.3 is 0 Å². The number of aromatic nitrogens is 3. The van der Waals surface area contributed by atoms with Crippen LogP contribution in [0.25, 0.3) is 0 Å². The van der Waals surface area contributed by atoms with Crippen LogP contribution in [0.5, 0.6) is 0 Å². The third-order valence-corrected chi connectivity index (χ3v) is 5.08. The normalized spacial score (nSPS) is 14.9. The van der Waals surface area contributed by atoms with Gasteiger partial charge in [0.1, 0.15) is 11.6 Å². The largest absolute Gasteiger partial charge is 0.325 e. The summed E-state index contributed by atoms with van der Waals surface area (Å²) in [7, 11) is 0. The van der Waals surface area contributed by atoms with E-state index < -0.39 is 0 Å². The van der Waals surface area contributed by atoms with Crippen molar-refractivity contribution in [3.05, 3.63) is 35.9 Å². The van der Waals surface area contributed by atoms with E-state index in [1.807, 2.05) is 0 Å². The molecule has 1 fully saturated rings. The predicted octanol–water partition coefficient (Wildman–Crippen LogP) is 3.80. The van der Waals surface area contributed by atoms with Gasteiger partial charge in [0.05, 0.1) is 5.75 Å². The van der Waals surface area contributed by atoms with Crippen molar-refractivity contribution in [2.45, 2.75) is 43.7 Å². The molecule has 0 atom stereocenters. The van der Waals surface area contributed by atoms with Crippen molar-refractivity contribution in [3.63, 3.8) is 0 Å². The Morgan fingerprint density at radius 1 is 1.29 bits per heavy atom. The first-order chi connectivity index (χ1) is 11.7. The lowest BCUT2D eigenvalue weighted by Gasteiger charge is -2.05. The van der Waals surface area contributed by atoms with E-state index in [0.29, 0.717) is 10.8 Å². The quantitative estimate of drug-likeness (QED) is 0.747. The van der Waals surface area contributed by atoms with Gasteiger partial charge in [-0.2, -0.15) is 0 Å². The molecule has 7 heteroatoms. The lowest BCUT2D eigenvalue weighted by molar-refractivity contribution is -0.113. The van der Waals surface area contributed by atoms with Crippen molar-refractivity contribution in [2.75, 3.05) is 11.1 Å². The number of nitrogens with zero attached hydrogens (tertiary/aromatic N) is 2. The number of benzene rings is 1. The molecule has 24 heavy (non-hydrogen) atoms. The fourth-order valence-electron chi connectivity index (χ4n) is 2.95. The first-order valence-corrected chi connectivity index (χ1v) is 9.27. The molecule has 0 spiro atoms. The number of hydrogen-bond acceptors (Lipinski definition) is 4. The summed E-state index contributed by atoms with van der Waals surface area (Å²) in [5.41, 5.74) is 0.578. The van der Waals surface area contributed by atoms with Crippen molar-refractivity contribution in [1.82, 2.24) is 15.2 Å². The molecular weight excluding hydrogens is 327 g/mol. The molecule has 1 aromatic heterocycles. The van der Waals surface area contributed by atoms with Crippen LogP contribution in [0.15, 0.2) is 29.4 Å². The SMILES string of the molecule is O=C(CSc1n[nH]c(CCC2CCCC2)n1)Nc1ccc(F)cc1. The number of rotatable bonds is 7. The van der Waals surface area contributed by atoms with Crippen molar-refractivity contribution >= 4 is 23.4 Å². The number of carbonyl (C=O) groups is 1. The molecule has 1 aliphatic carbocycles. The molecule has 0 radical (unpaired) electrons. The monoisotopic (exact) mass is 348 g/mol. The molecule has 2 N–H and O–H groups in total. The third kappa shape index (κ3) is 5.06. The lowest BCUT2D eigenvalue weighted by Crippen LogP contribution is -2.14. The minimum atomic E-state index is -0.326. The summed E-state index contributed by atoms with van der Waals surface area (Å²) in [4.78, 5) is 16.3. The van der Waals surface area contributed by atoms with E-state index in [4.69, 9.17) is 0 Å². The second-order valence-electron chi connectivity index (χ2n) is 6.10. The van der Waals surface area contributed by atoms with Gasteiger partial charge in [-0.05, 0) is 36.6 Å². The van der Waals surface area contributed by atoms with E-state index >= 15 is 0 Å². The van der Waals surface area contributed by atoms with Crippen LogP contribution in [0.1, 0.15) is 37.9 Å². The Balaban J connectivity index is 1.41. The summed E-state index contributed by atoms with van der Waals surface area (Å²) in [6.07, 6.45) is 7.44. The van der Waals surface area contributed by atoms with Gasteiger partial charge in [0.25, 0.3) is 0 Å². The number of amides is 1. The summed E-state index contributed by atoms with van der Waals surface area (Å²) < 4.78 is 12.8. The Morgan fingerprint density at radius 3 is 2.79 bits per heavy atom. The van der Waals surface area contributed by atoms with Crippen molar-refractivity contribution < 1.29 is 9.18 Å². The Labute approximate surface area is 144 Å². The number of H-pyrrole nitrogens is 1. The van der Waals surface area contributed by atoms with Crippen LogP contribution < -0.4 is 5.32 Å². The number of aromatic amines is 1. The van der Waals surface area contributed by atoms with Crippen LogP contribution >= 0.6 is 11.8 Å². The van der Waals surface area contributed by atoms with E-state index in [9.17, 15) is 9.18 Å². The highest BCUT2D eigenvalue weighted by atomic mass is 32.2. The van der Waals surface area contributed by atoms with Crippen molar-refractivity contribution in [2.24, 2.45) is 5.92 Å². The molecule has 5 nitrogen and oxygen atoms in total. The molecule has 1 amide bonds. The van der Waals surface area contributed by atoms with E-state index in [2.05, 4.69) is 20.5 Å². The number of anilines is 1. The van der Waals surface area contributed by atoms with Gasteiger partial charge in [-0.1, -0.05) is 37.4 Å². The van der Waals surface area contributed by atoms with Crippen LogP contribution in [0.2, 0.25) is 0 Å². The highest BCUT2D eigenvalue weighted by Gasteiger charge is 2.16. The molecule has 1 heterocycles. The fourth-order valence-corrected chi connectivity index (χ4v) is 3.57. The number of thioether (sulfide) groups is 1. The van der Waals surface area contributed by atoms with Gasteiger partial charge in [0.15, 0.2) is 0 Å². The summed E-state index contributed by atoms with van der Waals surface area (Å²) in [6.45, 7) is 0. The Morgan fingerprint density at radius 2 is 2.04 bits per heavy atom. The highest BCUT2D eigenvalue weighted by molar-refractivity contribution is 7.99. The molecule has 3 rings (SSSR count). The zero-order valence-electron chi connectivity index (χ0n) is 13.4. The summed E-state index contributed by atoms with van der Waals surface area (Å²) >= 11 is 1.29. The first-order valence-electron chi connectivity index (χ1n) is 8.28. The van der Waals surface area contributed by atoms with Crippen LogP contribution in [-0.2, 0) is 11.2 Å². The van der Waals surface area contributed by atoms with Gasteiger partial charge in [-0.15, -0.1) is 5.10 Å². The standard InChI is InChI=1S/C17H21FN4OS/c18-13-6-8-14(9-7-13)19-16(23)11-24-17-20-15(21-22-17)10-5-12-3-1-2-4-12/h6-9,12H,1-5,10-11H2,(H,19,23)(H,20,21,22). The maximum absolute atomic E-state index is 12.8. The third-order valence-electron chi connectivity index (χ3n) is 4.24. The van der Waals surface area contributed by atoms with Crippen molar-refractivity contribution in [1.29, 1.82) is 0 Å². The molecule has 128 valence electrons. The minimum Gasteiger partial charge on any atom is -0.325 e. The maximum atomic E-state index is 12.8. The second kappa shape index (κ2) is 8.28. The number of halogens is 1. The molecule has 1 aromatic carbocycles. The van der Waals surface area contributed by atoms with Crippen LogP contribution in [0.3, 0.4) is 0 Å². The number of aryl methyl sites for hydroxylation is 1. The molecule has 2 aromatic rings. The van der Waals surface area contributed by atoms with Crippen LogP contribution in [-0.4, -0.2) is 26.8 Å². The zero-order valence-corrected chi connectivity index (χ0v) is 14.2. The van der Waals surface area contributed by atoms with E-state index in [-0.39, 0.29) is 17.5 Å². The van der Waals surface area contributed by atoms with Gasteiger partial charge < -0.3 is 5.32 Å². The lowest BCUT2D eigenvalue weighted by atomic mass is 10.0. The second-order valence-corrected chi connectivity index (χ2v) is 7.04. The number of carbonyl (C=O) groups excluding carboxylic acids is 1. The summed E-state index contributed by atoms with van der Waals surface area (Å²) in [6, 6.07) is 5.70. The maximum Gasteiger partial charge on any atom is 0.234 e. The number of hydrogen-bond donors (Lipinski definition) is 2. The molecule has 0 unspecified atom stereocenters. The van der Waals surface area contributed by atoms with Gasteiger partial charge in [-0.25, -0.2) is 9.37 Å². The Bertz CT molecular complexity index is 667. The Hall–Kier alpha value is -1.89. The highest BCUT2D eigenvalue weighted by Crippen LogP contribution is 2.28. The predicted molar refractivity (Wildman–Crippen MR) is 92.4 cm³/mol. The van der Waals surface area contributed by atoms with Crippen molar-refractivity contribution in [3.8, 4) is 0 Å². The molecule has 0 bridgehead atoms.